The second-order valence-corrected chi connectivity index (χ2v) is 5.94. The fourth-order valence-electron chi connectivity index (χ4n) is 2.51. The molecule has 0 amide bonds. The lowest BCUT2D eigenvalue weighted by atomic mass is 9.81. The van der Waals surface area contributed by atoms with Gasteiger partial charge in [-0.2, -0.15) is 13.2 Å². The minimum absolute atomic E-state index is 0.0418. The first-order chi connectivity index (χ1) is 9.29. The Balaban J connectivity index is 2.18. The van der Waals surface area contributed by atoms with Crippen molar-refractivity contribution in [3.05, 3.63) is 0 Å². The van der Waals surface area contributed by atoms with Crippen molar-refractivity contribution in [3.8, 4) is 0 Å². The van der Waals surface area contributed by atoms with E-state index < -0.39 is 12.1 Å². The van der Waals surface area contributed by atoms with E-state index in [1.165, 1.54) is 0 Å². The summed E-state index contributed by atoms with van der Waals surface area (Å²) in [4.78, 5) is 4.22. The average Bonchev–Trinajstić information content (AvgIpc) is 2.35. The van der Waals surface area contributed by atoms with Crippen LogP contribution in [0.4, 0.5) is 13.2 Å². The van der Waals surface area contributed by atoms with Gasteiger partial charge in [0.05, 0.1) is 12.5 Å². The van der Waals surface area contributed by atoms with Crippen LogP contribution in [0.5, 0.6) is 0 Å². The zero-order valence-corrected chi connectivity index (χ0v) is 12.3. The summed E-state index contributed by atoms with van der Waals surface area (Å²) in [6.45, 7) is 5.32. The molecule has 3 N–H and O–H groups in total. The topological polar surface area (TPSA) is 50.4 Å². The van der Waals surface area contributed by atoms with Gasteiger partial charge < -0.3 is 11.1 Å². The normalized spacial score (nSPS) is 27.7. The van der Waals surface area contributed by atoms with E-state index >= 15 is 0 Å². The molecule has 1 unspecified atom stereocenters. The molecular weight excluding hydrogens is 267 g/mol. The van der Waals surface area contributed by atoms with Crippen LogP contribution >= 0.6 is 0 Å². The van der Waals surface area contributed by atoms with Crippen LogP contribution in [-0.4, -0.2) is 37.6 Å². The molecule has 2 atom stereocenters. The molecule has 0 heterocycles. The fraction of sp³-hybridized carbons (Fsp3) is 0.929. The average molecular weight is 293 g/mol. The van der Waals surface area contributed by atoms with E-state index in [1.807, 2.05) is 13.8 Å². The molecule has 0 aromatic rings. The predicted molar refractivity (Wildman–Crippen MR) is 76.0 cm³/mol. The first kappa shape index (κ1) is 17.4. The smallest absolute Gasteiger partial charge is 0.323 e. The van der Waals surface area contributed by atoms with Crippen molar-refractivity contribution in [2.24, 2.45) is 22.6 Å². The molecule has 0 aliphatic heterocycles. The monoisotopic (exact) mass is 293 g/mol. The summed E-state index contributed by atoms with van der Waals surface area (Å²) < 4.78 is 37.6. The van der Waals surface area contributed by atoms with Crippen molar-refractivity contribution >= 4 is 6.21 Å². The Kier molecular flexibility index (Phi) is 6.95. The van der Waals surface area contributed by atoms with E-state index in [2.05, 4.69) is 10.3 Å². The molecular formula is C14H26F3N3. The number of nitrogens with two attached hydrogens (primary N) is 1. The highest BCUT2D eigenvalue weighted by Crippen LogP contribution is 2.39. The summed E-state index contributed by atoms with van der Waals surface area (Å²) in [7, 11) is 0. The third kappa shape index (κ3) is 6.70. The number of halogens is 3. The lowest BCUT2D eigenvalue weighted by molar-refractivity contribution is -0.183. The van der Waals surface area contributed by atoms with E-state index in [-0.39, 0.29) is 24.9 Å². The van der Waals surface area contributed by atoms with Gasteiger partial charge in [-0.15, -0.1) is 0 Å². The molecule has 0 aromatic heterocycles. The molecule has 1 rings (SSSR count). The van der Waals surface area contributed by atoms with Gasteiger partial charge in [0.25, 0.3) is 0 Å². The highest BCUT2D eigenvalue weighted by atomic mass is 19.4. The second kappa shape index (κ2) is 7.98. The molecule has 0 radical (unpaired) electrons. The van der Waals surface area contributed by atoms with Crippen molar-refractivity contribution < 1.29 is 13.2 Å². The van der Waals surface area contributed by atoms with Crippen LogP contribution in [-0.2, 0) is 0 Å². The largest absolute Gasteiger partial charge is 0.391 e. The van der Waals surface area contributed by atoms with Gasteiger partial charge in [-0.3, -0.25) is 4.99 Å². The van der Waals surface area contributed by atoms with Gasteiger partial charge in [0.2, 0.25) is 0 Å². The van der Waals surface area contributed by atoms with Crippen LogP contribution in [0.3, 0.4) is 0 Å². The summed E-state index contributed by atoms with van der Waals surface area (Å²) in [6.07, 6.45) is -0.438. The van der Waals surface area contributed by atoms with Crippen molar-refractivity contribution in [1.82, 2.24) is 5.32 Å². The molecule has 1 saturated carbocycles. The van der Waals surface area contributed by atoms with Crippen molar-refractivity contribution in [3.63, 3.8) is 0 Å². The Morgan fingerprint density at radius 1 is 1.25 bits per heavy atom. The van der Waals surface area contributed by atoms with Crippen LogP contribution in [0.25, 0.3) is 0 Å². The molecule has 0 saturated heterocycles. The molecule has 3 nitrogen and oxygen atoms in total. The van der Waals surface area contributed by atoms with E-state index in [9.17, 15) is 13.2 Å². The molecule has 0 spiro atoms. The van der Waals surface area contributed by atoms with Gasteiger partial charge in [0, 0.05) is 18.3 Å². The molecule has 118 valence electrons. The second-order valence-electron chi connectivity index (χ2n) is 5.94. The third-order valence-electron chi connectivity index (χ3n) is 3.78. The van der Waals surface area contributed by atoms with Crippen LogP contribution in [0.2, 0.25) is 0 Å². The zero-order valence-electron chi connectivity index (χ0n) is 12.3. The molecule has 1 aliphatic rings. The van der Waals surface area contributed by atoms with Gasteiger partial charge in [0.15, 0.2) is 0 Å². The van der Waals surface area contributed by atoms with Gasteiger partial charge in [0.1, 0.15) is 0 Å². The zero-order chi connectivity index (χ0) is 15.2. The SMILES string of the molecule is CC(N)C=NC[C@H](C)NCC1CCC(C(F)(F)F)CC1. The minimum Gasteiger partial charge on any atom is -0.323 e. The first-order valence-corrected chi connectivity index (χ1v) is 7.34. The minimum atomic E-state index is -4.01. The molecule has 20 heavy (non-hydrogen) atoms. The van der Waals surface area contributed by atoms with E-state index in [0.29, 0.717) is 25.3 Å². The fourth-order valence-corrected chi connectivity index (χ4v) is 2.51. The molecule has 0 bridgehead atoms. The summed E-state index contributed by atoms with van der Waals surface area (Å²) in [5.41, 5.74) is 5.56. The maximum absolute atomic E-state index is 12.5. The summed E-state index contributed by atoms with van der Waals surface area (Å²) >= 11 is 0. The maximum atomic E-state index is 12.5. The number of rotatable bonds is 6. The molecule has 1 aliphatic carbocycles. The number of nitrogens with zero attached hydrogens (tertiary/aromatic N) is 1. The highest BCUT2D eigenvalue weighted by Gasteiger charge is 2.41. The summed E-state index contributed by atoms with van der Waals surface area (Å²) in [6, 6.07) is 0.185. The van der Waals surface area contributed by atoms with Crippen LogP contribution in [0.1, 0.15) is 39.5 Å². The van der Waals surface area contributed by atoms with Crippen molar-refractivity contribution in [1.29, 1.82) is 0 Å². The van der Waals surface area contributed by atoms with Gasteiger partial charge >= 0.3 is 6.18 Å². The Morgan fingerprint density at radius 2 is 1.85 bits per heavy atom. The Morgan fingerprint density at radius 3 is 2.35 bits per heavy atom. The Bertz CT molecular complexity index is 295. The van der Waals surface area contributed by atoms with Gasteiger partial charge in [-0.05, 0) is 52.0 Å². The number of aliphatic imine (C=N–C) groups is 1. The highest BCUT2D eigenvalue weighted by molar-refractivity contribution is 5.63. The van der Waals surface area contributed by atoms with Gasteiger partial charge in [-0.25, -0.2) is 0 Å². The Hall–Kier alpha value is -0.620. The maximum Gasteiger partial charge on any atom is 0.391 e. The van der Waals surface area contributed by atoms with Crippen LogP contribution in [0, 0.1) is 11.8 Å². The van der Waals surface area contributed by atoms with Crippen LogP contribution < -0.4 is 11.1 Å². The summed E-state index contributed by atoms with van der Waals surface area (Å²) in [5.74, 6) is -0.736. The molecule has 6 heteroatoms. The number of alkyl halides is 3. The number of nitrogens with one attached hydrogen (secondary N) is 1. The van der Waals surface area contributed by atoms with Crippen molar-refractivity contribution in [2.45, 2.75) is 57.8 Å². The Labute approximate surface area is 119 Å². The molecule has 1 fully saturated rings. The van der Waals surface area contributed by atoms with Crippen LogP contribution in [0.15, 0.2) is 4.99 Å². The number of hydrogen-bond acceptors (Lipinski definition) is 3. The van der Waals surface area contributed by atoms with E-state index in [1.54, 1.807) is 6.21 Å². The predicted octanol–water partition coefficient (Wildman–Crippen LogP) is 2.75. The lowest BCUT2D eigenvalue weighted by Crippen LogP contribution is -2.36. The molecule has 0 aromatic carbocycles. The number of hydrogen-bond donors (Lipinski definition) is 2. The first-order valence-electron chi connectivity index (χ1n) is 7.34. The summed E-state index contributed by atoms with van der Waals surface area (Å²) in [5, 5.41) is 3.34. The van der Waals surface area contributed by atoms with E-state index in [4.69, 9.17) is 5.73 Å². The van der Waals surface area contributed by atoms with Crippen molar-refractivity contribution in [2.75, 3.05) is 13.1 Å². The standard InChI is InChI=1S/C14H26F3N3/c1-10(18)7-19-8-11(2)20-9-12-3-5-13(6-4-12)14(15,16)17/h7,10-13,20H,3-6,8-9,18H2,1-2H3/t10?,11-,12?,13?/m0/s1. The lowest BCUT2D eigenvalue weighted by Gasteiger charge is -2.30. The third-order valence-corrected chi connectivity index (χ3v) is 3.78. The van der Waals surface area contributed by atoms with Gasteiger partial charge in [-0.1, -0.05) is 0 Å². The quantitative estimate of drug-likeness (QED) is 0.740. The van der Waals surface area contributed by atoms with E-state index in [0.717, 1.165) is 6.54 Å².